The van der Waals surface area contributed by atoms with Crippen molar-refractivity contribution in [3.8, 4) is 0 Å². The van der Waals surface area contributed by atoms with E-state index in [1.807, 2.05) is 0 Å². The van der Waals surface area contributed by atoms with Gasteiger partial charge in [-0.3, -0.25) is 4.79 Å². The fourth-order valence-corrected chi connectivity index (χ4v) is 5.67. The number of benzene rings is 2. The molecule has 0 saturated heterocycles. The number of sulfone groups is 1. The molecule has 0 heterocycles. The molecular formula is C24H19Cl3F8O3S. The summed E-state index contributed by atoms with van der Waals surface area (Å²) < 4.78 is 133. The number of hydrogen-bond donors (Lipinski definition) is 0. The summed E-state index contributed by atoms with van der Waals surface area (Å²) >= 11 is 17.3. The van der Waals surface area contributed by atoms with Crippen molar-refractivity contribution in [3.05, 3.63) is 73.7 Å². The second-order valence-corrected chi connectivity index (χ2v) is 12.0. The fraction of sp³-hybridized carbons (Fsp3) is 0.375. The number of allylic oxidation sites excluding steroid dienone is 1. The lowest BCUT2D eigenvalue weighted by atomic mass is 9.93. The largest absolute Gasteiger partial charge is 0.417 e. The van der Waals surface area contributed by atoms with Crippen LogP contribution in [0.4, 0.5) is 35.1 Å². The number of carbonyl (C=O) groups is 1. The van der Waals surface area contributed by atoms with Gasteiger partial charge in [-0.25, -0.2) is 17.2 Å². The first kappa shape index (κ1) is 33.3. The molecule has 0 fully saturated rings. The molecule has 2 aromatic carbocycles. The van der Waals surface area contributed by atoms with Gasteiger partial charge in [0.2, 0.25) is 0 Å². The molecule has 216 valence electrons. The average molecular weight is 646 g/mol. The highest BCUT2D eigenvalue weighted by molar-refractivity contribution is 7.91. The maximum absolute atomic E-state index is 15.0. The number of halogens is 11. The molecule has 0 saturated carbocycles. The summed E-state index contributed by atoms with van der Waals surface area (Å²) in [6.07, 6.45) is -11.0. The van der Waals surface area contributed by atoms with Crippen molar-refractivity contribution in [3.63, 3.8) is 0 Å². The number of hydrogen-bond acceptors (Lipinski definition) is 3. The first-order valence-corrected chi connectivity index (χ1v) is 13.8. The van der Waals surface area contributed by atoms with Gasteiger partial charge in [-0.05, 0) is 35.8 Å². The van der Waals surface area contributed by atoms with Gasteiger partial charge < -0.3 is 0 Å². The topological polar surface area (TPSA) is 51.2 Å². The number of carbonyl (C=O) groups excluding carboxylic acids is 1. The number of Topliss-reactive ketones (excluding diaryl/α,β-unsaturated/α-hetero) is 1. The van der Waals surface area contributed by atoms with Crippen LogP contribution in [-0.4, -0.2) is 38.6 Å². The molecule has 0 radical (unpaired) electrons. The highest BCUT2D eigenvalue weighted by atomic mass is 35.5. The van der Waals surface area contributed by atoms with Crippen LogP contribution < -0.4 is 0 Å². The molecular weight excluding hydrogens is 627 g/mol. The lowest BCUT2D eigenvalue weighted by Gasteiger charge is -2.19. The Balaban J connectivity index is 2.49. The van der Waals surface area contributed by atoms with E-state index in [-0.39, 0.29) is 27.2 Å². The lowest BCUT2D eigenvalue weighted by molar-refractivity contribution is -0.140. The molecule has 2 aromatic rings. The van der Waals surface area contributed by atoms with Crippen molar-refractivity contribution in [2.75, 3.05) is 18.2 Å². The smallest absolute Gasteiger partial charge is 0.294 e. The van der Waals surface area contributed by atoms with Crippen LogP contribution in [0.1, 0.15) is 46.3 Å². The Hall–Kier alpha value is -1.89. The number of ketones is 1. The van der Waals surface area contributed by atoms with Gasteiger partial charge >= 0.3 is 12.4 Å². The molecule has 0 aliphatic heterocycles. The van der Waals surface area contributed by atoms with E-state index in [0.717, 1.165) is 12.1 Å². The van der Waals surface area contributed by atoms with E-state index in [9.17, 15) is 48.3 Å². The Kier molecular flexibility index (Phi) is 10.9. The van der Waals surface area contributed by atoms with Crippen molar-refractivity contribution < 1.29 is 48.3 Å². The molecule has 39 heavy (non-hydrogen) atoms. The zero-order valence-corrected chi connectivity index (χ0v) is 22.8. The fourth-order valence-electron chi connectivity index (χ4n) is 3.67. The van der Waals surface area contributed by atoms with Gasteiger partial charge in [0.15, 0.2) is 15.6 Å². The molecule has 0 aliphatic carbocycles. The number of alkyl halides is 7. The second kappa shape index (κ2) is 12.7. The maximum atomic E-state index is 15.0. The van der Waals surface area contributed by atoms with Crippen LogP contribution in [0, 0.1) is 5.92 Å². The summed E-state index contributed by atoms with van der Waals surface area (Å²) in [6.45, 7) is 0.0966. The van der Waals surface area contributed by atoms with Gasteiger partial charge in [-0.1, -0.05) is 53.9 Å². The SMILES string of the molecule is C[C@@H](CC(=O)c1ccc(/C(F)=C/C(c2cc(Cl)c(Cl)c(Cl)c2)C(F)(F)F)cc1C(F)(F)F)CS(=O)(=O)CCF. The van der Waals surface area contributed by atoms with Gasteiger partial charge in [-0.2, -0.15) is 26.3 Å². The highest BCUT2D eigenvalue weighted by Gasteiger charge is 2.41. The van der Waals surface area contributed by atoms with Crippen LogP contribution in [0.25, 0.3) is 5.83 Å². The summed E-state index contributed by atoms with van der Waals surface area (Å²) in [7, 11) is -3.89. The quantitative estimate of drug-likeness (QED) is 0.147. The molecule has 3 nitrogen and oxygen atoms in total. The first-order valence-electron chi connectivity index (χ1n) is 10.9. The van der Waals surface area contributed by atoms with E-state index in [1.54, 1.807) is 0 Å². The van der Waals surface area contributed by atoms with Gasteiger partial charge in [0.25, 0.3) is 0 Å². The van der Waals surface area contributed by atoms with Crippen LogP contribution in [0.2, 0.25) is 15.1 Å². The van der Waals surface area contributed by atoms with E-state index in [4.69, 9.17) is 34.8 Å². The van der Waals surface area contributed by atoms with Gasteiger partial charge in [0.05, 0.1) is 32.1 Å². The number of rotatable bonds is 10. The molecule has 0 spiro atoms. The van der Waals surface area contributed by atoms with Crippen LogP contribution in [0.15, 0.2) is 36.4 Å². The standard InChI is InChI=1S/C24H19Cl3F8O3S/c1-12(11-39(37,38)5-4-28)6-21(36)15-3-2-13(7-17(15)24(33,34)35)20(29)10-16(23(30,31)32)14-8-18(25)22(27)19(26)9-14/h2-3,7-10,12,16H,4-6,11H2,1H3/b20-10-/t12-,16?/m0/s1. The predicted molar refractivity (Wildman–Crippen MR) is 134 cm³/mol. The second-order valence-electron chi connectivity index (χ2n) is 8.63. The summed E-state index contributed by atoms with van der Waals surface area (Å²) in [4.78, 5) is 12.6. The minimum absolute atomic E-state index is 0.0324. The van der Waals surface area contributed by atoms with E-state index in [2.05, 4.69) is 0 Å². The van der Waals surface area contributed by atoms with Crippen LogP contribution in [0.3, 0.4) is 0 Å². The normalized spacial score (nSPS) is 14.8. The third kappa shape index (κ3) is 9.06. The monoisotopic (exact) mass is 644 g/mol. The Labute approximate surface area is 233 Å². The minimum Gasteiger partial charge on any atom is -0.294 e. The van der Waals surface area contributed by atoms with E-state index in [0.29, 0.717) is 12.1 Å². The Bertz CT molecular complexity index is 1330. The highest BCUT2D eigenvalue weighted by Crippen LogP contribution is 2.43. The zero-order valence-electron chi connectivity index (χ0n) is 19.7. The predicted octanol–water partition coefficient (Wildman–Crippen LogP) is 8.92. The van der Waals surface area contributed by atoms with E-state index in [1.165, 1.54) is 6.92 Å². The zero-order chi connectivity index (χ0) is 29.9. The minimum atomic E-state index is -5.22. The molecule has 0 bridgehead atoms. The Morgan fingerprint density at radius 1 is 1.00 bits per heavy atom. The van der Waals surface area contributed by atoms with Crippen molar-refractivity contribution >= 4 is 56.3 Å². The summed E-state index contributed by atoms with van der Waals surface area (Å²) in [5, 5.41) is -0.982. The van der Waals surface area contributed by atoms with Gasteiger partial charge in [0, 0.05) is 17.5 Å². The summed E-state index contributed by atoms with van der Waals surface area (Å²) in [5.41, 5.74) is -4.10. The Morgan fingerprint density at radius 3 is 2.05 bits per heavy atom. The summed E-state index contributed by atoms with van der Waals surface area (Å²) in [6, 6.07) is 3.04. The van der Waals surface area contributed by atoms with Crippen molar-refractivity contribution in [2.45, 2.75) is 31.6 Å². The van der Waals surface area contributed by atoms with Crippen molar-refractivity contribution in [1.82, 2.24) is 0 Å². The molecule has 0 amide bonds. The van der Waals surface area contributed by atoms with Crippen LogP contribution in [0.5, 0.6) is 0 Å². The molecule has 2 atom stereocenters. The lowest BCUT2D eigenvalue weighted by Crippen LogP contribution is -2.21. The van der Waals surface area contributed by atoms with E-state index < -0.39 is 92.5 Å². The third-order valence-corrected chi connectivity index (χ3v) is 8.44. The van der Waals surface area contributed by atoms with Crippen molar-refractivity contribution in [2.24, 2.45) is 5.92 Å². The average Bonchev–Trinajstić information content (AvgIpc) is 2.78. The molecule has 15 heteroatoms. The molecule has 0 N–H and O–H groups in total. The van der Waals surface area contributed by atoms with Crippen LogP contribution in [-0.2, 0) is 16.0 Å². The van der Waals surface area contributed by atoms with Gasteiger partial charge in [-0.15, -0.1) is 0 Å². The van der Waals surface area contributed by atoms with Crippen LogP contribution >= 0.6 is 34.8 Å². The third-order valence-electron chi connectivity index (χ3n) is 5.39. The Morgan fingerprint density at radius 2 is 1.56 bits per heavy atom. The molecule has 1 unspecified atom stereocenters. The summed E-state index contributed by atoms with van der Waals surface area (Å²) in [5.74, 6) is -7.94. The van der Waals surface area contributed by atoms with E-state index >= 15 is 0 Å². The van der Waals surface area contributed by atoms with Crippen molar-refractivity contribution in [1.29, 1.82) is 0 Å². The van der Waals surface area contributed by atoms with Gasteiger partial charge in [0.1, 0.15) is 18.4 Å². The maximum Gasteiger partial charge on any atom is 0.417 e. The molecule has 0 aromatic heterocycles. The molecule has 0 aliphatic rings. The first-order chi connectivity index (χ1) is 17.8. The molecule has 2 rings (SSSR count).